The van der Waals surface area contributed by atoms with Crippen LogP contribution in [0.3, 0.4) is 0 Å². The molecule has 4 rings (SSSR count). The monoisotopic (exact) mass is 426 g/mol. The summed E-state index contributed by atoms with van der Waals surface area (Å²) in [6.07, 6.45) is 6.77. The first kappa shape index (κ1) is 23.2. The summed E-state index contributed by atoms with van der Waals surface area (Å²) in [7, 11) is 2.25. The van der Waals surface area contributed by atoms with Crippen molar-refractivity contribution in [1.82, 2.24) is 19.6 Å². The van der Waals surface area contributed by atoms with Gasteiger partial charge in [-0.15, -0.1) is 0 Å². The zero-order chi connectivity index (χ0) is 21.6. The van der Waals surface area contributed by atoms with Crippen molar-refractivity contribution in [2.75, 3.05) is 59.4 Å². The lowest BCUT2D eigenvalue weighted by Gasteiger charge is -2.37. The van der Waals surface area contributed by atoms with E-state index in [9.17, 15) is 0 Å². The van der Waals surface area contributed by atoms with Crippen molar-refractivity contribution in [2.45, 2.75) is 65.1 Å². The minimum atomic E-state index is 0.834. The van der Waals surface area contributed by atoms with Crippen LogP contribution in [0.2, 0.25) is 0 Å². The van der Waals surface area contributed by atoms with Crippen LogP contribution in [0.25, 0.3) is 0 Å². The summed E-state index contributed by atoms with van der Waals surface area (Å²) in [5.74, 6) is 1.84. The topological polar surface area (TPSA) is 13.0 Å². The van der Waals surface area contributed by atoms with Crippen LogP contribution in [0.5, 0.6) is 0 Å². The Hall–Kier alpha value is -0.940. The molecule has 31 heavy (non-hydrogen) atoms. The maximum Gasteiger partial charge on any atom is 0.0234 e. The Morgan fingerprint density at radius 2 is 1.45 bits per heavy atom. The third kappa shape index (κ3) is 6.54. The molecule has 174 valence electrons. The SMILES string of the molecule is CCC(C)C1CCN(C2CCN(Cc3ccc(CN4CCCN(C)CC4)cc3)CC2)C1. The second kappa shape index (κ2) is 11.3. The molecule has 4 nitrogen and oxygen atoms in total. The highest BCUT2D eigenvalue weighted by Gasteiger charge is 2.32. The minimum Gasteiger partial charge on any atom is -0.305 e. The van der Waals surface area contributed by atoms with Gasteiger partial charge >= 0.3 is 0 Å². The van der Waals surface area contributed by atoms with Gasteiger partial charge in [0, 0.05) is 38.8 Å². The van der Waals surface area contributed by atoms with Crippen LogP contribution in [0, 0.1) is 11.8 Å². The molecule has 0 bridgehead atoms. The van der Waals surface area contributed by atoms with Gasteiger partial charge in [0.15, 0.2) is 0 Å². The van der Waals surface area contributed by atoms with Crippen LogP contribution in [-0.2, 0) is 13.1 Å². The zero-order valence-corrected chi connectivity index (χ0v) is 20.4. The van der Waals surface area contributed by atoms with E-state index in [1.54, 1.807) is 0 Å². The Balaban J connectivity index is 1.19. The lowest BCUT2D eigenvalue weighted by molar-refractivity contribution is 0.117. The summed E-state index contributed by atoms with van der Waals surface area (Å²) >= 11 is 0. The van der Waals surface area contributed by atoms with Crippen LogP contribution < -0.4 is 0 Å². The molecule has 0 N–H and O–H groups in total. The maximum absolute atomic E-state index is 2.82. The third-order valence-corrected chi connectivity index (χ3v) is 8.43. The average molecular weight is 427 g/mol. The number of piperidine rings is 1. The van der Waals surface area contributed by atoms with Crippen molar-refractivity contribution in [1.29, 1.82) is 0 Å². The van der Waals surface area contributed by atoms with E-state index in [4.69, 9.17) is 0 Å². The lowest BCUT2D eigenvalue weighted by Crippen LogP contribution is -2.43. The van der Waals surface area contributed by atoms with Crippen molar-refractivity contribution >= 4 is 0 Å². The van der Waals surface area contributed by atoms with Gasteiger partial charge in [0.05, 0.1) is 0 Å². The van der Waals surface area contributed by atoms with Gasteiger partial charge in [-0.1, -0.05) is 44.5 Å². The molecular weight excluding hydrogens is 380 g/mol. The second-order valence-electron chi connectivity index (χ2n) is 10.7. The largest absolute Gasteiger partial charge is 0.305 e. The van der Waals surface area contributed by atoms with Gasteiger partial charge < -0.3 is 4.90 Å². The van der Waals surface area contributed by atoms with Gasteiger partial charge in [-0.05, 0) is 88.4 Å². The molecule has 0 saturated carbocycles. The Labute approximate surface area is 191 Å². The second-order valence-corrected chi connectivity index (χ2v) is 10.7. The first-order chi connectivity index (χ1) is 15.1. The number of benzene rings is 1. The Morgan fingerprint density at radius 1 is 0.806 bits per heavy atom. The first-order valence-corrected chi connectivity index (χ1v) is 13.1. The molecule has 0 amide bonds. The molecule has 4 heteroatoms. The van der Waals surface area contributed by atoms with E-state index in [-0.39, 0.29) is 0 Å². The van der Waals surface area contributed by atoms with Crippen molar-refractivity contribution in [2.24, 2.45) is 11.8 Å². The highest BCUT2D eigenvalue weighted by Crippen LogP contribution is 2.30. The van der Waals surface area contributed by atoms with Crippen molar-refractivity contribution in [3.05, 3.63) is 35.4 Å². The van der Waals surface area contributed by atoms with E-state index in [1.165, 1.54) is 95.6 Å². The molecule has 1 aromatic carbocycles. The summed E-state index contributed by atoms with van der Waals surface area (Å²) in [5.41, 5.74) is 2.95. The molecule has 3 aliphatic heterocycles. The molecule has 2 unspecified atom stereocenters. The van der Waals surface area contributed by atoms with Crippen LogP contribution in [-0.4, -0.2) is 85.0 Å². The van der Waals surface area contributed by atoms with E-state index in [0.29, 0.717) is 0 Å². The first-order valence-electron chi connectivity index (χ1n) is 13.1. The van der Waals surface area contributed by atoms with E-state index >= 15 is 0 Å². The third-order valence-electron chi connectivity index (χ3n) is 8.43. The number of likely N-dealkylation sites (tertiary alicyclic amines) is 2. The Bertz CT molecular complexity index is 652. The molecular formula is C27H46N4. The highest BCUT2D eigenvalue weighted by molar-refractivity contribution is 5.22. The maximum atomic E-state index is 2.82. The van der Waals surface area contributed by atoms with E-state index in [2.05, 4.69) is 64.8 Å². The van der Waals surface area contributed by atoms with Crippen molar-refractivity contribution in [3.8, 4) is 0 Å². The molecule has 0 aromatic heterocycles. The van der Waals surface area contributed by atoms with Crippen molar-refractivity contribution < 1.29 is 0 Å². The van der Waals surface area contributed by atoms with E-state index in [0.717, 1.165) is 31.0 Å². The summed E-state index contributed by atoms with van der Waals surface area (Å²) in [6, 6.07) is 10.3. The summed E-state index contributed by atoms with van der Waals surface area (Å²) < 4.78 is 0. The molecule has 1 aromatic rings. The van der Waals surface area contributed by atoms with Crippen LogP contribution in [0.4, 0.5) is 0 Å². The van der Waals surface area contributed by atoms with E-state index < -0.39 is 0 Å². The van der Waals surface area contributed by atoms with Gasteiger partial charge in [0.1, 0.15) is 0 Å². The molecule has 0 radical (unpaired) electrons. The molecule has 3 heterocycles. The Kier molecular flexibility index (Phi) is 8.44. The molecule has 3 fully saturated rings. The van der Waals surface area contributed by atoms with Gasteiger partial charge in [0.2, 0.25) is 0 Å². The summed E-state index contributed by atoms with van der Waals surface area (Å²) in [4.78, 5) is 10.6. The fourth-order valence-corrected chi connectivity index (χ4v) is 5.91. The number of likely N-dealkylation sites (N-methyl/N-ethyl adjacent to an activating group) is 1. The van der Waals surface area contributed by atoms with Crippen LogP contribution >= 0.6 is 0 Å². The average Bonchev–Trinajstić information content (AvgIpc) is 3.20. The highest BCUT2D eigenvalue weighted by atomic mass is 15.2. The molecule has 3 saturated heterocycles. The van der Waals surface area contributed by atoms with Crippen LogP contribution in [0.15, 0.2) is 24.3 Å². The predicted octanol–water partition coefficient (Wildman–Crippen LogP) is 4.16. The van der Waals surface area contributed by atoms with E-state index in [1.807, 2.05) is 0 Å². The smallest absolute Gasteiger partial charge is 0.0234 e. The lowest BCUT2D eigenvalue weighted by atomic mass is 9.91. The standard InChI is InChI=1S/C27H46N4/c1-4-23(2)26-10-17-31(22-26)27-11-15-30(16-12-27)21-25-8-6-24(7-9-25)20-29-14-5-13-28(3)18-19-29/h6-9,23,26-27H,4-5,10-22H2,1-3H3. The number of hydrogen-bond acceptors (Lipinski definition) is 4. The summed E-state index contributed by atoms with van der Waals surface area (Å²) in [6.45, 7) is 17.1. The summed E-state index contributed by atoms with van der Waals surface area (Å²) in [5, 5.41) is 0. The molecule has 0 aliphatic carbocycles. The number of nitrogens with zero attached hydrogens (tertiary/aromatic N) is 4. The predicted molar refractivity (Wildman–Crippen MR) is 131 cm³/mol. The quantitative estimate of drug-likeness (QED) is 0.649. The minimum absolute atomic E-state index is 0.834. The van der Waals surface area contributed by atoms with Gasteiger partial charge in [-0.3, -0.25) is 14.7 Å². The number of rotatable bonds is 7. The molecule has 3 aliphatic rings. The van der Waals surface area contributed by atoms with Gasteiger partial charge in [-0.25, -0.2) is 0 Å². The normalized spacial score (nSPS) is 26.9. The number of hydrogen-bond donors (Lipinski definition) is 0. The van der Waals surface area contributed by atoms with Crippen molar-refractivity contribution in [3.63, 3.8) is 0 Å². The Morgan fingerprint density at radius 3 is 2.10 bits per heavy atom. The molecule has 2 atom stereocenters. The molecule has 0 spiro atoms. The fraction of sp³-hybridized carbons (Fsp3) is 0.778. The fourth-order valence-electron chi connectivity index (χ4n) is 5.91. The van der Waals surface area contributed by atoms with Gasteiger partial charge in [0.25, 0.3) is 0 Å². The van der Waals surface area contributed by atoms with Gasteiger partial charge in [-0.2, -0.15) is 0 Å². The van der Waals surface area contributed by atoms with Crippen LogP contribution in [0.1, 0.15) is 57.1 Å². The zero-order valence-electron chi connectivity index (χ0n) is 20.4.